The molecular weight excluding hydrogens is 438 g/mol. The lowest BCUT2D eigenvalue weighted by Gasteiger charge is -2.26. The van der Waals surface area contributed by atoms with Crippen molar-refractivity contribution in [2.24, 2.45) is 0 Å². The molecule has 3 N–H and O–H groups in total. The molecule has 0 spiro atoms. The van der Waals surface area contributed by atoms with Gasteiger partial charge in [0, 0.05) is 49.8 Å². The summed E-state index contributed by atoms with van der Waals surface area (Å²) in [5.74, 6) is 0.152. The van der Waals surface area contributed by atoms with Crippen molar-refractivity contribution in [1.29, 1.82) is 0 Å². The van der Waals surface area contributed by atoms with Gasteiger partial charge in [0.2, 0.25) is 0 Å². The molecule has 0 radical (unpaired) electrons. The molecule has 0 bridgehead atoms. The highest BCUT2D eigenvalue weighted by atomic mass is 32.1. The summed E-state index contributed by atoms with van der Waals surface area (Å²) < 4.78 is 10.6. The molecule has 2 aromatic heterocycles. The highest BCUT2D eigenvalue weighted by Gasteiger charge is 2.20. The molecule has 1 fully saturated rings. The number of thiazole rings is 1. The maximum atomic E-state index is 12.5. The van der Waals surface area contributed by atoms with Gasteiger partial charge >= 0.3 is 5.97 Å². The number of hydrogen-bond donors (Lipinski definition) is 2. The molecule has 0 atom stereocenters. The van der Waals surface area contributed by atoms with Gasteiger partial charge in [-0.15, -0.1) is 11.3 Å². The lowest BCUT2D eigenvalue weighted by molar-refractivity contribution is 0.0342. The van der Waals surface area contributed by atoms with Gasteiger partial charge in [-0.2, -0.15) is 0 Å². The number of pyridine rings is 1. The fourth-order valence-corrected chi connectivity index (χ4v) is 4.62. The van der Waals surface area contributed by atoms with Gasteiger partial charge in [0.15, 0.2) is 10.7 Å². The second-order valence-electron chi connectivity index (χ2n) is 7.76. The number of aromatic nitrogens is 2. The Morgan fingerprint density at radius 2 is 2.15 bits per heavy atom. The van der Waals surface area contributed by atoms with E-state index < -0.39 is 0 Å². The number of esters is 1. The van der Waals surface area contributed by atoms with E-state index in [-0.39, 0.29) is 5.97 Å². The molecule has 1 saturated heterocycles. The Kier molecular flexibility index (Phi) is 7.87. The minimum absolute atomic E-state index is 0.311. The number of ether oxygens (including phenoxy) is 2. The number of nitrogens with zero attached hydrogens (tertiary/aromatic N) is 3. The monoisotopic (exact) mass is 467 g/mol. The summed E-state index contributed by atoms with van der Waals surface area (Å²) in [4.78, 5) is 24.1. The van der Waals surface area contributed by atoms with Crippen LogP contribution in [0.1, 0.15) is 27.7 Å². The average Bonchev–Trinajstić information content (AvgIpc) is 3.26. The maximum absolute atomic E-state index is 12.5. The van der Waals surface area contributed by atoms with Crippen LogP contribution in [0.25, 0.3) is 10.6 Å². The van der Waals surface area contributed by atoms with E-state index in [2.05, 4.69) is 38.4 Å². The number of rotatable bonds is 9. The quantitative estimate of drug-likeness (QED) is 0.364. The summed E-state index contributed by atoms with van der Waals surface area (Å²) in [6.07, 6.45) is 4.15. The first kappa shape index (κ1) is 23.2. The fraction of sp³-hybridized carbons (Fsp3) is 0.375. The van der Waals surface area contributed by atoms with Gasteiger partial charge in [-0.05, 0) is 42.7 Å². The van der Waals surface area contributed by atoms with Gasteiger partial charge in [0.05, 0.1) is 19.8 Å². The van der Waals surface area contributed by atoms with Crippen molar-refractivity contribution in [1.82, 2.24) is 14.9 Å². The van der Waals surface area contributed by atoms with Crippen LogP contribution in [0.5, 0.6) is 0 Å². The third-order valence-corrected chi connectivity index (χ3v) is 6.49. The highest BCUT2D eigenvalue weighted by Crippen LogP contribution is 2.31. The highest BCUT2D eigenvalue weighted by molar-refractivity contribution is 7.17. The smallest absolute Gasteiger partial charge is 0.352 e. The Morgan fingerprint density at radius 1 is 1.30 bits per heavy atom. The second kappa shape index (κ2) is 11.2. The molecule has 0 aliphatic carbocycles. The molecule has 174 valence electrons. The first-order chi connectivity index (χ1) is 16.1. The van der Waals surface area contributed by atoms with Gasteiger partial charge in [-0.1, -0.05) is 12.1 Å². The van der Waals surface area contributed by atoms with Crippen LogP contribution in [0, 0.1) is 0 Å². The number of anilines is 2. The zero-order valence-corrected chi connectivity index (χ0v) is 19.6. The summed E-state index contributed by atoms with van der Waals surface area (Å²) in [7, 11) is 0. The van der Waals surface area contributed by atoms with Crippen molar-refractivity contribution in [2.75, 3.05) is 50.5 Å². The minimum atomic E-state index is -0.375. The van der Waals surface area contributed by atoms with E-state index in [4.69, 9.17) is 15.2 Å². The maximum Gasteiger partial charge on any atom is 0.352 e. The van der Waals surface area contributed by atoms with Crippen molar-refractivity contribution in [3.63, 3.8) is 0 Å². The Morgan fingerprint density at radius 3 is 2.88 bits per heavy atom. The van der Waals surface area contributed by atoms with Crippen molar-refractivity contribution >= 4 is 28.8 Å². The van der Waals surface area contributed by atoms with Crippen LogP contribution < -0.4 is 11.1 Å². The molecule has 3 heterocycles. The number of carbonyl (C=O) groups excluding carboxylic acids is 1. The van der Waals surface area contributed by atoms with Crippen molar-refractivity contribution in [3.05, 3.63) is 58.7 Å². The number of carbonyl (C=O) groups is 1. The summed E-state index contributed by atoms with van der Waals surface area (Å²) in [6.45, 7) is 7.04. The van der Waals surface area contributed by atoms with E-state index in [0.717, 1.165) is 54.7 Å². The summed E-state index contributed by atoms with van der Waals surface area (Å²) in [6, 6.07) is 10.0. The van der Waals surface area contributed by atoms with Crippen molar-refractivity contribution in [2.45, 2.75) is 19.9 Å². The normalized spacial score (nSPS) is 14.2. The number of hydrogen-bond acceptors (Lipinski definition) is 9. The number of benzene rings is 1. The molecular formula is C24H29N5O3S. The lowest BCUT2D eigenvalue weighted by Crippen LogP contribution is -2.35. The Bertz CT molecular complexity index is 1070. The van der Waals surface area contributed by atoms with E-state index in [1.54, 1.807) is 19.3 Å². The van der Waals surface area contributed by atoms with Gasteiger partial charge in [-0.3, -0.25) is 9.88 Å². The van der Waals surface area contributed by atoms with Crippen LogP contribution in [0.2, 0.25) is 0 Å². The molecule has 0 amide bonds. The molecule has 4 rings (SSSR count). The van der Waals surface area contributed by atoms with E-state index >= 15 is 0 Å². The Hall–Kier alpha value is -3.01. The van der Waals surface area contributed by atoms with Gasteiger partial charge in [0.1, 0.15) is 5.01 Å². The number of nitrogens with one attached hydrogen (secondary N) is 1. The Labute approximate surface area is 197 Å². The molecule has 1 aliphatic heterocycles. The van der Waals surface area contributed by atoms with Crippen LogP contribution in [-0.4, -0.2) is 60.3 Å². The van der Waals surface area contributed by atoms with E-state index in [0.29, 0.717) is 30.3 Å². The zero-order chi connectivity index (χ0) is 23.0. The fourth-order valence-electron chi connectivity index (χ4n) is 3.69. The van der Waals surface area contributed by atoms with Crippen LogP contribution in [0.15, 0.2) is 42.7 Å². The summed E-state index contributed by atoms with van der Waals surface area (Å²) in [5.41, 5.74) is 10.2. The predicted molar refractivity (Wildman–Crippen MR) is 130 cm³/mol. The van der Waals surface area contributed by atoms with Crippen LogP contribution in [-0.2, 0) is 22.4 Å². The van der Waals surface area contributed by atoms with E-state index in [9.17, 15) is 4.79 Å². The zero-order valence-electron chi connectivity index (χ0n) is 18.8. The molecule has 0 saturated carbocycles. The minimum Gasteiger partial charge on any atom is -0.462 e. The van der Waals surface area contributed by atoms with Crippen molar-refractivity contribution in [3.8, 4) is 10.6 Å². The number of nitrogens with two attached hydrogens (primary N) is 1. The molecule has 1 aromatic carbocycles. The number of nitrogen functional groups attached to an aromatic ring is 1. The number of morpholine rings is 1. The third-order valence-electron chi connectivity index (χ3n) is 5.40. The summed E-state index contributed by atoms with van der Waals surface area (Å²) >= 11 is 1.30. The van der Waals surface area contributed by atoms with Crippen LogP contribution >= 0.6 is 11.3 Å². The molecule has 0 unspecified atom stereocenters. The lowest BCUT2D eigenvalue weighted by atomic mass is 10.1. The van der Waals surface area contributed by atoms with Crippen LogP contribution in [0.3, 0.4) is 0 Å². The second-order valence-corrected chi connectivity index (χ2v) is 8.76. The van der Waals surface area contributed by atoms with Crippen LogP contribution in [0.4, 0.5) is 11.5 Å². The average molecular weight is 468 g/mol. The predicted octanol–water partition coefficient (Wildman–Crippen LogP) is 3.45. The van der Waals surface area contributed by atoms with Crippen molar-refractivity contribution < 1.29 is 14.3 Å². The molecule has 1 aliphatic rings. The molecule has 8 nitrogen and oxygen atoms in total. The SMILES string of the molecule is CCOC(=O)c1sc(-c2cccnc2)nc1NCCc1ccc(CN2CCOCC2)cc1N. The van der Waals surface area contributed by atoms with E-state index in [1.165, 1.54) is 16.9 Å². The third kappa shape index (κ3) is 6.07. The Balaban J connectivity index is 1.41. The van der Waals surface area contributed by atoms with Gasteiger partial charge < -0.3 is 20.5 Å². The molecule has 3 aromatic rings. The first-order valence-electron chi connectivity index (χ1n) is 11.1. The standard InChI is InChI=1S/C24H29N5O3S/c1-2-32-24(30)21-22(28-23(33-21)19-4-3-8-26-15-19)27-9-7-18-6-5-17(14-20(18)25)16-29-10-12-31-13-11-29/h3-6,8,14-15,27H,2,7,9-13,16,25H2,1H3. The largest absolute Gasteiger partial charge is 0.462 e. The molecule has 33 heavy (non-hydrogen) atoms. The first-order valence-corrected chi connectivity index (χ1v) is 11.9. The topological polar surface area (TPSA) is 103 Å². The summed E-state index contributed by atoms with van der Waals surface area (Å²) in [5, 5.41) is 4.02. The molecule has 9 heteroatoms. The van der Waals surface area contributed by atoms with E-state index in [1.807, 2.05) is 12.1 Å². The van der Waals surface area contributed by atoms with Gasteiger partial charge in [-0.25, -0.2) is 9.78 Å². The van der Waals surface area contributed by atoms with Gasteiger partial charge in [0.25, 0.3) is 0 Å².